The van der Waals surface area contributed by atoms with Gasteiger partial charge in [0, 0.05) is 19.5 Å². The summed E-state index contributed by atoms with van der Waals surface area (Å²) >= 11 is 0. The smallest absolute Gasteiger partial charge is 0.263 e. The molecule has 1 heterocycles. The van der Waals surface area contributed by atoms with Crippen LogP contribution in [-0.2, 0) is 0 Å². The Balaban J connectivity index is 2.51. The number of piperidine rings is 1. The molecule has 12 heavy (non-hydrogen) atoms. The molecule has 0 bridgehead atoms. The van der Waals surface area contributed by atoms with E-state index in [0.717, 1.165) is 0 Å². The molecule has 1 saturated heterocycles. The van der Waals surface area contributed by atoms with Crippen LogP contribution in [0.5, 0.6) is 0 Å². The van der Waals surface area contributed by atoms with E-state index in [9.17, 15) is 8.78 Å². The van der Waals surface area contributed by atoms with Gasteiger partial charge < -0.3 is 5.11 Å². The largest absolute Gasteiger partial charge is 0.392 e. The molecule has 0 saturated carbocycles. The lowest BCUT2D eigenvalue weighted by Gasteiger charge is -2.34. The minimum absolute atomic E-state index is 0.268. The number of nitrogens with zero attached hydrogens (tertiary/aromatic N) is 1. The van der Waals surface area contributed by atoms with Crippen LogP contribution in [0.15, 0.2) is 12.7 Å². The lowest BCUT2D eigenvalue weighted by Crippen LogP contribution is -2.49. The fourth-order valence-corrected chi connectivity index (χ4v) is 1.49. The molecule has 0 aromatic heterocycles. The summed E-state index contributed by atoms with van der Waals surface area (Å²) in [7, 11) is 0. The van der Waals surface area contributed by atoms with Gasteiger partial charge in [0.25, 0.3) is 5.92 Å². The molecule has 1 atom stereocenters. The molecule has 1 rings (SSSR count). The molecule has 0 aromatic carbocycles. The van der Waals surface area contributed by atoms with E-state index in [0.29, 0.717) is 13.1 Å². The second-order valence-corrected chi connectivity index (χ2v) is 3.20. The van der Waals surface area contributed by atoms with E-state index < -0.39 is 18.4 Å². The molecular weight excluding hydrogens is 164 g/mol. The van der Waals surface area contributed by atoms with E-state index in [1.54, 1.807) is 6.08 Å². The number of rotatable bonds is 2. The second kappa shape index (κ2) is 3.49. The van der Waals surface area contributed by atoms with Gasteiger partial charge in [-0.15, -0.1) is 6.58 Å². The van der Waals surface area contributed by atoms with Crippen LogP contribution in [0.3, 0.4) is 0 Å². The van der Waals surface area contributed by atoms with Gasteiger partial charge in [0.1, 0.15) is 0 Å². The van der Waals surface area contributed by atoms with Gasteiger partial charge in [-0.05, 0) is 0 Å². The van der Waals surface area contributed by atoms with Crippen LogP contribution in [0.1, 0.15) is 6.42 Å². The lowest BCUT2D eigenvalue weighted by atomic mass is 10.1. The fraction of sp³-hybridized carbons (Fsp3) is 0.750. The van der Waals surface area contributed by atoms with Gasteiger partial charge in [-0.25, -0.2) is 8.78 Å². The fourth-order valence-electron chi connectivity index (χ4n) is 1.49. The molecule has 0 aromatic rings. The molecule has 4 heteroatoms. The first kappa shape index (κ1) is 9.61. The summed E-state index contributed by atoms with van der Waals surface area (Å²) in [4.78, 5) is 1.50. The zero-order valence-electron chi connectivity index (χ0n) is 6.84. The van der Waals surface area contributed by atoms with Crippen molar-refractivity contribution >= 4 is 0 Å². The number of likely N-dealkylation sites (tertiary alicyclic amines) is 1. The third-order valence-electron chi connectivity index (χ3n) is 1.85. The van der Waals surface area contributed by atoms with E-state index in [1.165, 1.54) is 4.90 Å². The van der Waals surface area contributed by atoms with E-state index in [-0.39, 0.29) is 6.54 Å². The molecule has 0 aliphatic carbocycles. The number of halogens is 2. The maximum atomic E-state index is 12.8. The molecule has 0 spiro atoms. The van der Waals surface area contributed by atoms with Crippen LogP contribution in [0.4, 0.5) is 8.78 Å². The summed E-state index contributed by atoms with van der Waals surface area (Å²) in [6.45, 7) is 3.92. The van der Waals surface area contributed by atoms with Crippen molar-refractivity contribution < 1.29 is 13.9 Å². The maximum absolute atomic E-state index is 12.8. The zero-order valence-corrected chi connectivity index (χ0v) is 6.84. The van der Waals surface area contributed by atoms with Gasteiger partial charge in [0.15, 0.2) is 0 Å². The topological polar surface area (TPSA) is 23.5 Å². The average Bonchev–Trinajstić information content (AvgIpc) is 1.82. The van der Waals surface area contributed by atoms with Crippen LogP contribution >= 0.6 is 0 Å². The highest BCUT2D eigenvalue weighted by Crippen LogP contribution is 2.26. The van der Waals surface area contributed by atoms with E-state index in [1.807, 2.05) is 0 Å². The van der Waals surface area contributed by atoms with Crippen molar-refractivity contribution in [3.63, 3.8) is 0 Å². The highest BCUT2D eigenvalue weighted by molar-refractivity contribution is 4.86. The molecule has 0 amide bonds. The minimum atomic E-state index is -2.75. The first-order chi connectivity index (χ1) is 5.53. The summed E-state index contributed by atoms with van der Waals surface area (Å²) < 4.78 is 25.6. The number of aliphatic hydroxyl groups excluding tert-OH is 1. The van der Waals surface area contributed by atoms with Crippen LogP contribution in [-0.4, -0.2) is 41.7 Å². The van der Waals surface area contributed by atoms with Crippen LogP contribution in [0, 0.1) is 0 Å². The predicted molar refractivity (Wildman–Crippen MR) is 42.2 cm³/mol. The Morgan fingerprint density at radius 1 is 1.67 bits per heavy atom. The molecular formula is C8H13F2NO. The first-order valence-electron chi connectivity index (χ1n) is 3.92. The number of alkyl halides is 2. The van der Waals surface area contributed by atoms with Crippen LogP contribution in [0.2, 0.25) is 0 Å². The predicted octanol–water partition coefficient (Wildman–Crippen LogP) is 0.874. The van der Waals surface area contributed by atoms with Gasteiger partial charge in [-0.2, -0.15) is 0 Å². The van der Waals surface area contributed by atoms with Gasteiger partial charge in [-0.3, -0.25) is 4.90 Å². The molecule has 1 N–H and O–H groups in total. The van der Waals surface area contributed by atoms with E-state index in [4.69, 9.17) is 5.11 Å². The van der Waals surface area contributed by atoms with Crippen LogP contribution < -0.4 is 0 Å². The quantitative estimate of drug-likeness (QED) is 0.633. The first-order valence-corrected chi connectivity index (χ1v) is 3.92. The lowest BCUT2D eigenvalue weighted by molar-refractivity contribution is -0.104. The summed E-state index contributed by atoms with van der Waals surface area (Å²) in [6, 6.07) is 0. The summed E-state index contributed by atoms with van der Waals surface area (Å²) in [5.74, 6) is -2.75. The van der Waals surface area contributed by atoms with Crippen molar-refractivity contribution in [3.8, 4) is 0 Å². The number of aliphatic hydroxyl groups is 1. The molecule has 0 radical (unpaired) electrons. The van der Waals surface area contributed by atoms with Crippen LogP contribution in [0.25, 0.3) is 0 Å². The van der Waals surface area contributed by atoms with Crippen molar-refractivity contribution in [1.82, 2.24) is 4.90 Å². The molecule has 2 nitrogen and oxygen atoms in total. The van der Waals surface area contributed by atoms with Gasteiger partial charge >= 0.3 is 0 Å². The minimum Gasteiger partial charge on any atom is -0.392 e. The SMILES string of the molecule is C=CCN1CC(O)CC(F)(F)C1. The Morgan fingerprint density at radius 2 is 2.33 bits per heavy atom. The highest BCUT2D eigenvalue weighted by atomic mass is 19.3. The standard InChI is InChI=1S/C8H13F2NO/c1-2-3-11-5-7(12)4-8(9,10)6-11/h2,7,12H,1,3-6H2. The monoisotopic (exact) mass is 177 g/mol. The number of β-amino-alcohol motifs (C(OH)–C–C–N with tert-alkyl or cyclic N) is 1. The Kier molecular flexibility index (Phi) is 2.80. The van der Waals surface area contributed by atoms with Crippen molar-refractivity contribution in [2.45, 2.75) is 18.4 Å². The van der Waals surface area contributed by atoms with Gasteiger partial charge in [-0.1, -0.05) is 6.08 Å². The average molecular weight is 177 g/mol. The Bertz CT molecular complexity index is 172. The molecule has 1 aliphatic rings. The molecule has 1 unspecified atom stereocenters. The number of hydrogen-bond acceptors (Lipinski definition) is 2. The molecule has 1 aliphatic heterocycles. The van der Waals surface area contributed by atoms with Crippen molar-refractivity contribution in [1.29, 1.82) is 0 Å². The highest BCUT2D eigenvalue weighted by Gasteiger charge is 2.38. The molecule has 1 fully saturated rings. The normalized spacial score (nSPS) is 30.1. The summed E-state index contributed by atoms with van der Waals surface area (Å²) in [5, 5.41) is 9.09. The third kappa shape index (κ3) is 2.53. The maximum Gasteiger partial charge on any atom is 0.263 e. The molecule has 70 valence electrons. The summed E-state index contributed by atoms with van der Waals surface area (Å²) in [6.07, 6.45) is 0.239. The number of hydrogen-bond donors (Lipinski definition) is 1. The Morgan fingerprint density at radius 3 is 2.83 bits per heavy atom. The second-order valence-electron chi connectivity index (χ2n) is 3.20. The van der Waals surface area contributed by atoms with Crippen molar-refractivity contribution in [3.05, 3.63) is 12.7 Å². The Hall–Kier alpha value is -0.480. The third-order valence-corrected chi connectivity index (χ3v) is 1.85. The van der Waals surface area contributed by atoms with Gasteiger partial charge in [0.2, 0.25) is 0 Å². The Labute approximate surface area is 70.5 Å². The van der Waals surface area contributed by atoms with E-state index >= 15 is 0 Å². The van der Waals surface area contributed by atoms with Crippen molar-refractivity contribution in [2.75, 3.05) is 19.6 Å². The summed E-state index contributed by atoms with van der Waals surface area (Å²) in [5.41, 5.74) is 0. The van der Waals surface area contributed by atoms with Gasteiger partial charge in [0.05, 0.1) is 12.6 Å². The van der Waals surface area contributed by atoms with E-state index in [2.05, 4.69) is 6.58 Å². The van der Waals surface area contributed by atoms with Crippen molar-refractivity contribution in [2.24, 2.45) is 0 Å². The zero-order chi connectivity index (χ0) is 9.19.